The van der Waals surface area contributed by atoms with Gasteiger partial charge in [-0.15, -0.1) is 11.6 Å². The fourth-order valence-corrected chi connectivity index (χ4v) is 0.886. The number of nitriles is 1. The van der Waals surface area contributed by atoms with E-state index in [1.54, 1.807) is 0 Å². The van der Waals surface area contributed by atoms with Crippen LogP contribution in [0.1, 0.15) is 0 Å². The molecule has 0 aliphatic heterocycles. The molecule has 0 heterocycles. The summed E-state index contributed by atoms with van der Waals surface area (Å²) in [6.07, 6.45) is 0. The van der Waals surface area contributed by atoms with Gasteiger partial charge >= 0.3 is 0 Å². The molecule has 1 N–H and O–H groups in total. The number of anilines is 1. The Bertz CT molecular complexity index is 266. The first-order valence-electron chi connectivity index (χ1n) is 3.65. The molecule has 0 saturated carbocycles. The minimum absolute atomic E-state index is 0.467. The first-order valence-corrected chi connectivity index (χ1v) is 4.09. The van der Waals surface area contributed by atoms with Crippen molar-refractivity contribution in [3.8, 4) is 6.07 Å². The second-order valence-electron chi connectivity index (χ2n) is 2.34. The van der Waals surface area contributed by atoms with Gasteiger partial charge in [0.15, 0.2) is 0 Å². The van der Waals surface area contributed by atoms with E-state index in [9.17, 15) is 0 Å². The zero-order chi connectivity index (χ0) is 8.81. The molecule has 0 saturated heterocycles. The first kappa shape index (κ1) is 8.89. The third-order valence-corrected chi connectivity index (χ3v) is 1.65. The number of halogens is 1. The fourth-order valence-electron chi connectivity index (χ4n) is 0.809. The summed E-state index contributed by atoms with van der Waals surface area (Å²) in [7, 11) is 0. The number of rotatable bonds is 3. The van der Waals surface area contributed by atoms with Gasteiger partial charge in [0.2, 0.25) is 0 Å². The van der Waals surface area contributed by atoms with Gasteiger partial charge < -0.3 is 5.32 Å². The van der Waals surface area contributed by atoms with Gasteiger partial charge in [0.05, 0.1) is 6.07 Å². The summed E-state index contributed by atoms with van der Waals surface area (Å²) in [5.41, 5.74) is 0.985. The number of nitrogens with one attached hydrogen (secondary N) is 1. The Morgan fingerprint density at radius 3 is 2.67 bits per heavy atom. The van der Waals surface area contributed by atoms with Crippen molar-refractivity contribution in [2.24, 2.45) is 0 Å². The lowest BCUT2D eigenvalue weighted by Crippen LogP contribution is -2.11. The zero-order valence-electron chi connectivity index (χ0n) is 6.50. The number of hydrogen-bond donors (Lipinski definition) is 1. The molecular weight excluding hydrogens is 172 g/mol. The Morgan fingerprint density at radius 2 is 2.08 bits per heavy atom. The fraction of sp³-hybridized carbons (Fsp3) is 0.222. The van der Waals surface area contributed by atoms with Crippen LogP contribution in [0.3, 0.4) is 0 Å². The number of alkyl halides is 1. The molecule has 0 aliphatic rings. The van der Waals surface area contributed by atoms with Crippen LogP contribution in [0.4, 0.5) is 5.69 Å². The lowest BCUT2D eigenvalue weighted by molar-refractivity contribution is 1.08. The average Bonchev–Trinajstić information content (AvgIpc) is 2.16. The van der Waals surface area contributed by atoms with Gasteiger partial charge in [-0.3, -0.25) is 0 Å². The number of benzene rings is 1. The highest BCUT2D eigenvalue weighted by Gasteiger charge is 1.99. The molecular formula is C9H9ClN2. The SMILES string of the molecule is N#CC(Cl)CNc1ccccc1. The summed E-state index contributed by atoms with van der Waals surface area (Å²) >= 11 is 5.59. The average molecular weight is 181 g/mol. The minimum atomic E-state index is -0.467. The van der Waals surface area contributed by atoms with Gasteiger partial charge in [0, 0.05) is 12.2 Å². The molecule has 0 radical (unpaired) electrons. The smallest absolute Gasteiger partial charge is 0.137 e. The second kappa shape index (κ2) is 4.63. The highest BCUT2D eigenvalue weighted by atomic mass is 35.5. The zero-order valence-corrected chi connectivity index (χ0v) is 7.25. The van der Waals surface area contributed by atoms with Crippen LogP contribution in [-0.2, 0) is 0 Å². The quantitative estimate of drug-likeness (QED) is 0.725. The van der Waals surface area contributed by atoms with Crippen LogP contribution >= 0.6 is 11.6 Å². The Labute approximate surface area is 76.8 Å². The van der Waals surface area contributed by atoms with Gasteiger partial charge in [-0.1, -0.05) is 18.2 Å². The third-order valence-electron chi connectivity index (χ3n) is 1.40. The molecule has 1 aromatic rings. The van der Waals surface area contributed by atoms with Crippen LogP contribution in [0.15, 0.2) is 30.3 Å². The predicted molar refractivity (Wildman–Crippen MR) is 50.2 cm³/mol. The van der Waals surface area contributed by atoms with E-state index in [2.05, 4.69) is 5.32 Å². The summed E-state index contributed by atoms with van der Waals surface area (Å²) in [5.74, 6) is 0. The Balaban J connectivity index is 2.40. The largest absolute Gasteiger partial charge is 0.382 e. The van der Waals surface area contributed by atoms with E-state index in [1.165, 1.54) is 0 Å². The summed E-state index contributed by atoms with van der Waals surface area (Å²) in [6.45, 7) is 0.474. The molecule has 1 aromatic carbocycles. The molecule has 1 atom stereocenters. The van der Waals surface area contributed by atoms with E-state index in [0.717, 1.165) is 5.69 Å². The molecule has 62 valence electrons. The Morgan fingerprint density at radius 1 is 1.42 bits per heavy atom. The van der Waals surface area contributed by atoms with Gasteiger partial charge in [0.1, 0.15) is 5.38 Å². The highest BCUT2D eigenvalue weighted by Crippen LogP contribution is 2.05. The molecule has 3 heteroatoms. The monoisotopic (exact) mass is 180 g/mol. The summed E-state index contributed by atoms with van der Waals surface area (Å²) in [5, 5.41) is 11.0. The van der Waals surface area contributed by atoms with Gasteiger partial charge in [-0.25, -0.2) is 0 Å². The minimum Gasteiger partial charge on any atom is -0.382 e. The number of para-hydroxylation sites is 1. The lowest BCUT2D eigenvalue weighted by atomic mass is 10.3. The molecule has 0 aliphatic carbocycles. The molecule has 1 unspecified atom stereocenters. The van der Waals surface area contributed by atoms with Crippen LogP contribution in [-0.4, -0.2) is 11.9 Å². The molecule has 0 aromatic heterocycles. The predicted octanol–water partition coefficient (Wildman–Crippen LogP) is 2.23. The van der Waals surface area contributed by atoms with Crippen molar-refractivity contribution in [1.29, 1.82) is 5.26 Å². The molecule has 0 fully saturated rings. The third kappa shape index (κ3) is 2.81. The van der Waals surface area contributed by atoms with Crippen LogP contribution in [0.2, 0.25) is 0 Å². The normalized spacial score (nSPS) is 11.7. The van der Waals surface area contributed by atoms with E-state index < -0.39 is 5.38 Å². The van der Waals surface area contributed by atoms with Crippen molar-refractivity contribution in [3.05, 3.63) is 30.3 Å². The maximum Gasteiger partial charge on any atom is 0.137 e. The Hall–Kier alpha value is -1.20. The summed E-state index contributed by atoms with van der Waals surface area (Å²) in [4.78, 5) is 0. The van der Waals surface area contributed by atoms with Gasteiger partial charge in [0.25, 0.3) is 0 Å². The van der Waals surface area contributed by atoms with Crippen molar-refractivity contribution in [2.45, 2.75) is 5.38 Å². The number of hydrogen-bond acceptors (Lipinski definition) is 2. The maximum atomic E-state index is 8.39. The molecule has 2 nitrogen and oxygen atoms in total. The standard InChI is InChI=1S/C9H9ClN2/c10-8(6-11)7-12-9-4-2-1-3-5-9/h1-5,8,12H,7H2. The van der Waals surface area contributed by atoms with E-state index in [1.807, 2.05) is 36.4 Å². The van der Waals surface area contributed by atoms with Crippen LogP contribution in [0.25, 0.3) is 0 Å². The van der Waals surface area contributed by atoms with E-state index >= 15 is 0 Å². The maximum absolute atomic E-state index is 8.39. The van der Waals surface area contributed by atoms with Crippen molar-refractivity contribution in [2.75, 3.05) is 11.9 Å². The topological polar surface area (TPSA) is 35.8 Å². The van der Waals surface area contributed by atoms with Crippen LogP contribution in [0.5, 0.6) is 0 Å². The highest BCUT2D eigenvalue weighted by molar-refractivity contribution is 6.22. The molecule has 12 heavy (non-hydrogen) atoms. The summed E-state index contributed by atoms with van der Waals surface area (Å²) in [6, 6.07) is 11.6. The molecule has 0 spiro atoms. The second-order valence-corrected chi connectivity index (χ2v) is 2.87. The summed E-state index contributed by atoms with van der Waals surface area (Å²) < 4.78 is 0. The van der Waals surface area contributed by atoms with Crippen LogP contribution < -0.4 is 5.32 Å². The van der Waals surface area contributed by atoms with E-state index in [-0.39, 0.29) is 0 Å². The molecule has 0 bridgehead atoms. The van der Waals surface area contributed by atoms with E-state index in [0.29, 0.717) is 6.54 Å². The molecule has 0 amide bonds. The Kier molecular flexibility index (Phi) is 3.43. The van der Waals surface area contributed by atoms with Gasteiger partial charge in [-0.2, -0.15) is 5.26 Å². The van der Waals surface area contributed by atoms with Crippen molar-refractivity contribution < 1.29 is 0 Å². The number of nitrogens with zero attached hydrogens (tertiary/aromatic N) is 1. The van der Waals surface area contributed by atoms with Gasteiger partial charge in [-0.05, 0) is 12.1 Å². The van der Waals surface area contributed by atoms with Crippen molar-refractivity contribution in [1.82, 2.24) is 0 Å². The van der Waals surface area contributed by atoms with Crippen LogP contribution in [0, 0.1) is 11.3 Å². The van der Waals surface area contributed by atoms with E-state index in [4.69, 9.17) is 16.9 Å². The first-order chi connectivity index (χ1) is 5.83. The van der Waals surface area contributed by atoms with Crippen molar-refractivity contribution in [3.63, 3.8) is 0 Å². The lowest BCUT2D eigenvalue weighted by Gasteiger charge is -2.04. The molecule has 1 rings (SSSR count). The van der Waals surface area contributed by atoms with Crippen molar-refractivity contribution >= 4 is 17.3 Å².